The lowest BCUT2D eigenvalue weighted by atomic mass is 10.2. The van der Waals surface area contributed by atoms with Gasteiger partial charge in [-0.1, -0.05) is 12.1 Å². The van der Waals surface area contributed by atoms with Gasteiger partial charge >= 0.3 is 0 Å². The average molecular weight is 204 g/mol. The van der Waals surface area contributed by atoms with Crippen LogP contribution in [0.2, 0.25) is 0 Å². The molecule has 0 aliphatic rings. The molecule has 0 amide bonds. The number of aromatic hydroxyl groups is 1. The van der Waals surface area contributed by atoms with E-state index < -0.39 is 0 Å². The standard InChI is InChI=1S/C10H12N4O/c1-2-9-10(11)12-13-14(9)7-3-5-8(15)6-4-7/h3-6,15H,2,11H2,1H3. The first-order valence-corrected chi connectivity index (χ1v) is 4.72. The van der Waals surface area contributed by atoms with Crippen LogP contribution in [0, 0.1) is 0 Å². The molecule has 0 spiro atoms. The van der Waals surface area contributed by atoms with Crippen molar-refractivity contribution in [2.75, 3.05) is 5.73 Å². The Labute approximate surface area is 87.1 Å². The lowest BCUT2D eigenvalue weighted by Gasteiger charge is -2.04. The summed E-state index contributed by atoms with van der Waals surface area (Å²) in [5, 5.41) is 16.9. The Bertz CT molecular complexity index is 461. The van der Waals surface area contributed by atoms with E-state index in [0.29, 0.717) is 5.82 Å². The fourth-order valence-corrected chi connectivity index (χ4v) is 1.45. The molecule has 78 valence electrons. The van der Waals surface area contributed by atoms with E-state index in [1.807, 2.05) is 6.92 Å². The fourth-order valence-electron chi connectivity index (χ4n) is 1.45. The zero-order valence-electron chi connectivity index (χ0n) is 8.38. The van der Waals surface area contributed by atoms with Crippen molar-refractivity contribution in [2.24, 2.45) is 0 Å². The number of nitrogen functional groups attached to an aromatic ring is 1. The number of aromatic nitrogens is 3. The molecule has 1 aromatic heterocycles. The number of hydrogen-bond donors (Lipinski definition) is 2. The highest BCUT2D eigenvalue weighted by Crippen LogP contribution is 2.17. The van der Waals surface area contributed by atoms with Gasteiger partial charge in [-0.3, -0.25) is 0 Å². The van der Waals surface area contributed by atoms with E-state index in [1.54, 1.807) is 28.9 Å². The minimum absolute atomic E-state index is 0.227. The second-order valence-corrected chi connectivity index (χ2v) is 3.20. The first-order valence-electron chi connectivity index (χ1n) is 4.72. The first kappa shape index (κ1) is 9.51. The average Bonchev–Trinajstić information content (AvgIpc) is 2.61. The maximum atomic E-state index is 9.17. The smallest absolute Gasteiger partial charge is 0.169 e. The van der Waals surface area contributed by atoms with Crippen molar-refractivity contribution in [3.63, 3.8) is 0 Å². The number of nitrogens with two attached hydrogens (primary N) is 1. The molecule has 0 saturated carbocycles. The van der Waals surface area contributed by atoms with Gasteiger partial charge in [0, 0.05) is 0 Å². The molecule has 0 fully saturated rings. The highest BCUT2D eigenvalue weighted by Gasteiger charge is 2.09. The molecule has 0 bridgehead atoms. The molecule has 2 rings (SSSR count). The quantitative estimate of drug-likeness (QED) is 0.768. The Morgan fingerprint density at radius 1 is 1.33 bits per heavy atom. The lowest BCUT2D eigenvalue weighted by molar-refractivity contribution is 0.475. The van der Waals surface area contributed by atoms with E-state index >= 15 is 0 Å². The Morgan fingerprint density at radius 2 is 2.00 bits per heavy atom. The van der Waals surface area contributed by atoms with Crippen molar-refractivity contribution in [1.82, 2.24) is 15.0 Å². The van der Waals surface area contributed by atoms with E-state index in [9.17, 15) is 0 Å². The monoisotopic (exact) mass is 204 g/mol. The van der Waals surface area contributed by atoms with Gasteiger partial charge in [-0.2, -0.15) is 0 Å². The Hall–Kier alpha value is -2.04. The van der Waals surface area contributed by atoms with Gasteiger partial charge in [-0.05, 0) is 30.7 Å². The third-order valence-corrected chi connectivity index (χ3v) is 2.22. The normalized spacial score (nSPS) is 10.5. The summed E-state index contributed by atoms with van der Waals surface area (Å²) in [7, 11) is 0. The summed E-state index contributed by atoms with van der Waals surface area (Å²) < 4.78 is 1.68. The second-order valence-electron chi connectivity index (χ2n) is 3.20. The van der Waals surface area contributed by atoms with Crippen LogP contribution in [0.4, 0.5) is 5.82 Å². The minimum Gasteiger partial charge on any atom is -0.508 e. The molecule has 15 heavy (non-hydrogen) atoms. The number of benzene rings is 1. The van der Waals surface area contributed by atoms with Crippen molar-refractivity contribution < 1.29 is 5.11 Å². The summed E-state index contributed by atoms with van der Waals surface area (Å²) in [4.78, 5) is 0. The molecular formula is C10H12N4O. The van der Waals surface area contributed by atoms with Gasteiger partial charge in [0.15, 0.2) is 5.82 Å². The number of nitrogens with zero attached hydrogens (tertiary/aromatic N) is 3. The predicted octanol–water partition coefficient (Wildman–Crippen LogP) is 1.12. The molecule has 0 radical (unpaired) electrons. The van der Waals surface area contributed by atoms with Crippen LogP contribution in [0.5, 0.6) is 5.75 Å². The number of phenols is 1. The largest absolute Gasteiger partial charge is 0.508 e. The van der Waals surface area contributed by atoms with Gasteiger partial charge in [0.1, 0.15) is 5.75 Å². The van der Waals surface area contributed by atoms with Crippen LogP contribution in [0.1, 0.15) is 12.6 Å². The second kappa shape index (κ2) is 3.61. The van der Waals surface area contributed by atoms with Crippen molar-refractivity contribution in [3.05, 3.63) is 30.0 Å². The third-order valence-electron chi connectivity index (χ3n) is 2.22. The summed E-state index contributed by atoms with van der Waals surface area (Å²) in [6, 6.07) is 6.74. The number of hydrogen-bond acceptors (Lipinski definition) is 4. The van der Waals surface area contributed by atoms with E-state index in [-0.39, 0.29) is 5.75 Å². The Kier molecular flexibility index (Phi) is 2.29. The van der Waals surface area contributed by atoms with Crippen molar-refractivity contribution >= 4 is 5.82 Å². The lowest BCUT2D eigenvalue weighted by Crippen LogP contribution is -2.02. The number of phenolic OH excluding ortho intramolecular Hbond substituents is 1. The van der Waals surface area contributed by atoms with E-state index in [2.05, 4.69) is 10.3 Å². The van der Waals surface area contributed by atoms with Gasteiger partial charge in [0.2, 0.25) is 0 Å². The fraction of sp³-hybridized carbons (Fsp3) is 0.200. The topological polar surface area (TPSA) is 77.0 Å². The zero-order valence-corrected chi connectivity index (χ0v) is 8.38. The van der Waals surface area contributed by atoms with Gasteiger partial charge < -0.3 is 10.8 Å². The molecule has 0 saturated heterocycles. The Morgan fingerprint density at radius 3 is 2.60 bits per heavy atom. The van der Waals surface area contributed by atoms with Crippen molar-refractivity contribution in [1.29, 1.82) is 0 Å². The van der Waals surface area contributed by atoms with Crippen LogP contribution >= 0.6 is 0 Å². The molecule has 3 N–H and O–H groups in total. The van der Waals surface area contributed by atoms with Crippen LogP contribution in [0.25, 0.3) is 5.69 Å². The molecule has 5 nitrogen and oxygen atoms in total. The molecular weight excluding hydrogens is 192 g/mol. The zero-order chi connectivity index (χ0) is 10.8. The van der Waals surface area contributed by atoms with Crippen molar-refractivity contribution in [3.8, 4) is 11.4 Å². The maximum absolute atomic E-state index is 9.17. The molecule has 0 aliphatic carbocycles. The Balaban J connectivity index is 2.49. The minimum atomic E-state index is 0.227. The molecule has 2 aromatic rings. The predicted molar refractivity (Wildman–Crippen MR) is 56.8 cm³/mol. The van der Waals surface area contributed by atoms with Crippen LogP contribution in [0.15, 0.2) is 24.3 Å². The summed E-state index contributed by atoms with van der Waals surface area (Å²) in [6.07, 6.45) is 0.764. The van der Waals surface area contributed by atoms with Crippen LogP contribution in [-0.4, -0.2) is 20.1 Å². The summed E-state index contributed by atoms with van der Waals surface area (Å²) in [5.41, 5.74) is 7.39. The summed E-state index contributed by atoms with van der Waals surface area (Å²) in [6.45, 7) is 1.99. The van der Waals surface area contributed by atoms with Crippen LogP contribution in [0.3, 0.4) is 0 Å². The summed E-state index contributed by atoms with van der Waals surface area (Å²) in [5.74, 6) is 0.676. The molecule has 0 aliphatic heterocycles. The third kappa shape index (κ3) is 1.63. The molecule has 1 aromatic carbocycles. The number of rotatable bonds is 2. The van der Waals surface area contributed by atoms with Gasteiger partial charge in [0.25, 0.3) is 0 Å². The van der Waals surface area contributed by atoms with E-state index in [1.165, 1.54) is 0 Å². The van der Waals surface area contributed by atoms with E-state index in [4.69, 9.17) is 10.8 Å². The highest BCUT2D eigenvalue weighted by molar-refractivity contribution is 5.42. The van der Waals surface area contributed by atoms with Gasteiger partial charge in [-0.25, -0.2) is 4.68 Å². The highest BCUT2D eigenvalue weighted by atomic mass is 16.3. The van der Waals surface area contributed by atoms with Crippen molar-refractivity contribution in [2.45, 2.75) is 13.3 Å². The molecule has 5 heteroatoms. The molecule has 0 unspecified atom stereocenters. The van der Waals surface area contributed by atoms with Gasteiger partial charge in [-0.15, -0.1) is 5.10 Å². The van der Waals surface area contributed by atoms with Crippen LogP contribution < -0.4 is 5.73 Å². The first-order chi connectivity index (χ1) is 7.22. The molecule has 1 heterocycles. The summed E-state index contributed by atoms with van der Waals surface area (Å²) >= 11 is 0. The van der Waals surface area contributed by atoms with E-state index in [0.717, 1.165) is 17.8 Å². The maximum Gasteiger partial charge on any atom is 0.169 e. The van der Waals surface area contributed by atoms with Gasteiger partial charge in [0.05, 0.1) is 11.4 Å². The van der Waals surface area contributed by atoms with Crippen LogP contribution in [-0.2, 0) is 6.42 Å². The molecule has 0 atom stereocenters. The SMILES string of the molecule is CCc1c(N)nnn1-c1ccc(O)cc1. The number of anilines is 1.